The molecule has 1 fully saturated rings. The van der Waals surface area contributed by atoms with Crippen molar-refractivity contribution in [3.8, 4) is 5.75 Å². The second-order valence-corrected chi connectivity index (χ2v) is 8.17. The van der Waals surface area contributed by atoms with Crippen molar-refractivity contribution in [1.29, 1.82) is 0 Å². The number of ether oxygens (including phenoxy) is 1. The van der Waals surface area contributed by atoms with E-state index in [-0.39, 0.29) is 24.0 Å². The number of alkyl halides is 2. The van der Waals surface area contributed by atoms with Gasteiger partial charge in [-0.15, -0.1) is 0 Å². The summed E-state index contributed by atoms with van der Waals surface area (Å²) < 4.78 is 28.9. The van der Waals surface area contributed by atoms with E-state index in [1.807, 2.05) is 60.7 Å². The molecule has 1 N–H and O–H groups in total. The van der Waals surface area contributed by atoms with Gasteiger partial charge in [0.15, 0.2) is 5.17 Å². The largest absolute Gasteiger partial charge is 0.435 e. The Morgan fingerprint density at radius 3 is 2.27 bits per heavy atom. The third-order valence-corrected chi connectivity index (χ3v) is 5.80. The van der Waals surface area contributed by atoms with Crippen molar-refractivity contribution in [1.82, 2.24) is 0 Å². The standard InChI is InChI=1S/C24H19F2N3O3S/c25-23(26)32-19-13-11-17(12-14-19)27-21(30)15-20-22(31)29(18-9-5-2-6-10-18)24(33-20)28-16-7-3-1-4-8-16/h1-14,20,23H,15H2,(H,27,30)/t20-/m0/s1. The van der Waals surface area contributed by atoms with Crippen LogP contribution in [0, 0.1) is 0 Å². The minimum atomic E-state index is -2.92. The van der Waals surface area contributed by atoms with Crippen LogP contribution >= 0.6 is 11.8 Å². The first-order chi connectivity index (χ1) is 16.0. The van der Waals surface area contributed by atoms with Crippen molar-refractivity contribution in [2.45, 2.75) is 18.3 Å². The SMILES string of the molecule is O=C(C[C@@H]1SC(=Nc2ccccc2)N(c2ccccc2)C1=O)Nc1ccc(OC(F)F)cc1. The normalized spacial score (nSPS) is 16.9. The van der Waals surface area contributed by atoms with Gasteiger partial charge in [-0.05, 0) is 48.5 Å². The number of nitrogens with zero attached hydrogens (tertiary/aromatic N) is 2. The van der Waals surface area contributed by atoms with Crippen LogP contribution in [0.15, 0.2) is 89.9 Å². The zero-order valence-corrected chi connectivity index (χ0v) is 18.0. The van der Waals surface area contributed by atoms with Gasteiger partial charge in [0.05, 0.1) is 11.4 Å². The van der Waals surface area contributed by atoms with Gasteiger partial charge in [-0.25, -0.2) is 4.99 Å². The third-order valence-electron chi connectivity index (χ3n) is 4.66. The molecule has 0 radical (unpaired) electrons. The van der Waals surface area contributed by atoms with Crippen LogP contribution in [0.4, 0.5) is 25.8 Å². The highest BCUT2D eigenvalue weighted by atomic mass is 32.2. The lowest BCUT2D eigenvalue weighted by Crippen LogP contribution is -2.33. The summed E-state index contributed by atoms with van der Waals surface area (Å²) >= 11 is 1.23. The van der Waals surface area contributed by atoms with Gasteiger partial charge in [0, 0.05) is 12.1 Å². The van der Waals surface area contributed by atoms with Gasteiger partial charge in [-0.2, -0.15) is 8.78 Å². The first-order valence-corrected chi connectivity index (χ1v) is 10.9. The summed E-state index contributed by atoms with van der Waals surface area (Å²) in [5.41, 5.74) is 1.78. The number of halogens is 2. The number of amidine groups is 1. The highest BCUT2D eigenvalue weighted by Crippen LogP contribution is 2.35. The van der Waals surface area contributed by atoms with Crippen molar-refractivity contribution >= 4 is 45.8 Å². The van der Waals surface area contributed by atoms with Crippen molar-refractivity contribution in [2.24, 2.45) is 4.99 Å². The van der Waals surface area contributed by atoms with Crippen LogP contribution < -0.4 is 15.0 Å². The molecular weight excluding hydrogens is 448 g/mol. The molecule has 6 nitrogen and oxygen atoms in total. The van der Waals surface area contributed by atoms with Gasteiger partial charge >= 0.3 is 6.61 Å². The van der Waals surface area contributed by atoms with Crippen LogP contribution in [-0.4, -0.2) is 28.8 Å². The first kappa shape index (κ1) is 22.5. The van der Waals surface area contributed by atoms with Crippen molar-refractivity contribution in [3.63, 3.8) is 0 Å². The second-order valence-electron chi connectivity index (χ2n) is 7.00. The number of rotatable bonds is 7. The predicted octanol–water partition coefficient (Wildman–Crippen LogP) is 5.45. The number of anilines is 2. The maximum absolute atomic E-state index is 13.2. The molecule has 0 bridgehead atoms. The number of para-hydroxylation sites is 2. The number of hydrogen-bond donors (Lipinski definition) is 1. The lowest BCUT2D eigenvalue weighted by atomic mass is 10.2. The van der Waals surface area contributed by atoms with E-state index in [1.165, 1.54) is 40.9 Å². The average Bonchev–Trinajstić information content (AvgIpc) is 3.10. The number of benzene rings is 3. The number of nitrogens with one attached hydrogen (secondary N) is 1. The topological polar surface area (TPSA) is 71.0 Å². The molecule has 3 aromatic rings. The number of carbonyl (C=O) groups is 2. The predicted molar refractivity (Wildman–Crippen MR) is 125 cm³/mol. The van der Waals surface area contributed by atoms with Crippen molar-refractivity contribution in [3.05, 3.63) is 84.9 Å². The van der Waals surface area contributed by atoms with Crippen molar-refractivity contribution in [2.75, 3.05) is 10.2 Å². The van der Waals surface area contributed by atoms with E-state index in [2.05, 4.69) is 15.0 Å². The Labute approximate surface area is 193 Å². The Bertz CT molecular complexity index is 1140. The Morgan fingerprint density at radius 2 is 1.64 bits per heavy atom. The van der Waals surface area contributed by atoms with Gasteiger partial charge in [-0.1, -0.05) is 48.2 Å². The molecule has 1 atom stereocenters. The van der Waals surface area contributed by atoms with Gasteiger partial charge in [0.2, 0.25) is 11.8 Å². The number of amides is 2. The maximum atomic E-state index is 13.2. The van der Waals surface area contributed by atoms with Gasteiger partial charge < -0.3 is 10.1 Å². The zero-order chi connectivity index (χ0) is 23.2. The molecule has 1 saturated heterocycles. The van der Waals surface area contributed by atoms with E-state index in [9.17, 15) is 18.4 Å². The molecule has 1 heterocycles. The molecule has 1 aliphatic heterocycles. The summed E-state index contributed by atoms with van der Waals surface area (Å²) in [5, 5.41) is 2.51. The van der Waals surface area contributed by atoms with Crippen LogP contribution in [0.25, 0.3) is 0 Å². The Balaban J connectivity index is 1.49. The van der Waals surface area contributed by atoms with E-state index < -0.39 is 11.9 Å². The Kier molecular flexibility index (Phi) is 6.99. The molecule has 3 aromatic carbocycles. The minimum absolute atomic E-state index is 0.00945. The molecule has 0 aliphatic carbocycles. The first-order valence-electron chi connectivity index (χ1n) is 10.0. The molecular formula is C24H19F2N3O3S. The van der Waals surface area contributed by atoms with Gasteiger partial charge in [0.1, 0.15) is 11.0 Å². The van der Waals surface area contributed by atoms with Crippen LogP contribution in [0.1, 0.15) is 6.42 Å². The molecule has 1 aliphatic rings. The number of carbonyl (C=O) groups excluding carboxylic acids is 2. The van der Waals surface area contributed by atoms with Gasteiger partial charge in [0.25, 0.3) is 0 Å². The van der Waals surface area contributed by atoms with Crippen LogP contribution in [0.5, 0.6) is 5.75 Å². The van der Waals surface area contributed by atoms with E-state index in [4.69, 9.17) is 0 Å². The summed E-state index contributed by atoms with van der Waals surface area (Å²) in [4.78, 5) is 31.9. The van der Waals surface area contributed by atoms with E-state index in [0.717, 1.165) is 0 Å². The Morgan fingerprint density at radius 1 is 1.00 bits per heavy atom. The highest BCUT2D eigenvalue weighted by Gasteiger charge is 2.40. The lowest BCUT2D eigenvalue weighted by molar-refractivity contribution is -0.121. The van der Waals surface area contributed by atoms with E-state index in [1.54, 1.807) is 0 Å². The molecule has 33 heavy (non-hydrogen) atoms. The molecule has 9 heteroatoms. The summed E-state index contributed by atoms with van der Waals surface area (Å²) in [6.45, 7) is -2.92. The van der Waals surface area contributed by atoms with E-state index >= 15 is 0 Å². The maximum Gasteiger partial charge on any atom is 0.387 e. The molecule has 2 amide bonds. The smallest absolute Gasteiger partial charge is 0.387 e. The van der Waals surface area contributed by atoms with Crippen LogP contribution in [-0.2, 0) is 9.59 Å². The van der Waals surface area contributed by atoms with Crippen LogP contribution in [0.2, 0.25) is 0 Å². The summed E-state index contributed by atoms with van der Waals surface area (Å²) in [6.07, 6.45) is -0.0735. The number of hydrogen-bond acceptors (Lipinski definition) is 5. The summed E-state index contributed by atoms with van der Waals surface area (Å²) in [7, 11) is 0. The molecule has 0 unspecified atom stereocenters. The molecule has 168 valence electrons. The minimum Gasteiger partial charge on any atom is -0.435 e. The molecule has 0 aromatic heterocycles. The quantitative estimate of drug-likeness (QED) is 0.501. The summed E-state index contributed by atoms with van der Waals surface area (Å²) in [6, 6.07) is 24.0. The Hall–Kier alpha value is -3.72. The summed E-state index contributed by atoms with van der Waals surface area (Å²) in [5.74, 6) is -0.626. The van der Waals surface area contributed by atoms with E-state index in [0.29, 0.717) is 22.2 Å². The fraction of sp³-hybridized carbons (Fsp3) is 0.125. The molecule has 4 rings (SSSR count). The average molecular weight is 467 g/mol. The number of thioether (sulfide) groups is 1. The fourth-order valence-corrected chi connectivity index (χ4v) is 4.36. The molecule has 0 saturated carbocycles. The third kappa shape index (κ3) is 5.75. The van der Waals surface area contributed by atoms with Gasteiger partial charge in [-0.3, -0.25) is 14.5 Å². The lowest BCUT2D eigenvalue weighted by Gasteiger charge is -2.16. The monoisotopic (exact) mass is 467 g/mol. The molecule has 0 spiro atoms. The zero-order valence-electron chi connectivity index (χ0n) is 17.2. The highest BCUT2D eigenvalue weighted by molar-refractivity contribution is 8.16. The second kappa shape index (κ2) is 10.3. The van der Waals surface area contributed by atoms with Crippen LogP contribution in [0.3, 0.4) is 0 Å². The number of aliphatic imine (C=N–C) groups is 1. The van der Waals surface area contributed by atoms with Crippen molar-refractivity contribution < 1.29 is 23.1 Å². The fourth-order valence-electron chi connectivity index (χ4n) is 3.20.